The minimum Gasteiger partial charge on any atom is -0.365 e. The number of nitrogens with two attached hydrogens (primary N) is 2. The van der Waals surface area contributed by atoms with Crippen molar-refractivity contribution in [3.63, 3.8) is 0 Å². The summed E-state index contributed by atoms with van der Waals surface area (Å²) in [6.45, 7) is 2.85. The molecule has 2 atom stereocenters. The number of para-hydroxylation sites is 2. The van der Waals surface area contributed by atoms with Crippen molar-refractivity contribution in [3.8, 4) is 0 Å². The van der Waals surface area contributed by atoms with E-state index >= 15 is 0 Å². The number of primary amides is 1. The van der Waals surface area contributed by atoms with E-state index in [0.717, 1.165) is 67.6 Å². The van der Waals surface area contributed by atoms with Gasteiger partial charge in [0.1, 0.15) is 5.82 Å². The summed E-state index contributed by atoms with van der Waals surface area (Å²) >= 11 is 0. The lowest BCUT2D eigenvalue weighted by atomic mass is 9.94. The molecule has 4 N–H and O–H groups in total. The van der Waals surface area contributed by atoms with E-state index in [1.807, 2.05) is 18.2 Å². The summed E-state index contributed by atoms with van der Waals surface area (Å²) in [5, 5.41) is 0. The molecule has 1 aliphatic heterocycles. The first kappa shape index (κ1) is 21.2. The summed E-state index contributed by atoms with van der Waals surface area (Å²) in [6.07, 6.45) is 5.36. The summed E-state index contributed by atoms with van der Waals surface area (Å²) in [5.74, 6) is 1.55. The van der Waals surface area contributed by atoms with Crippen LogP contribution in [0.1, 0.15) is 40.7 Å². The summed E-state index contributed by atoms with van der Waals surface area (Å²) in [7, 11) is 0. The van der Waals surface area contributed by atoms with E-state index in [1.165, 1.54) is 17.8 Å². The number of imidazole rings is 1. The maximum atomic E-state index is 12.4. The summed E-state index contributed by atoms with van der Waals surface area (Å²) in [4.78, 5) is 19.8. The maximum absolute atomic E-state index is 12.4. The largest absolute Gasteiger partial charge is 0.365 e. The Bertz CT molecular complexity index is 1160. The fourth-order valence-electron chi connectivity index (χ4n) is 5.79. The van der Waals surface area contributed by atoms with Crippen LogP contribution in [0.25, 0.3) is 16.7 Å². The van der Waals surface area contributed by atoms with Crippen LogP contribution in [0.3, 0.4) is 0 Å². The SMILES string of the molecule is Cl.Cl.NCC12CCN(c3c4c(c(C(N)=O)c5nc6ccccc6n35)CCC4)CC1C2. The molecule has 0 spiro atoms. The van der Waals surface area contributed by atoms with Gasteiger partial charge in [0.25, 0.3) is 5.91 Å². The van der Waals surface area contributed by atoms with E-state index in [-0.39, 0.29) is 30.7 Å². The Hall–Kier alpha value is -2.02. The Morgan fingerprint density at radius 3 is 2.70 bits per heavy atom. The average Bonchev–Trinajstić information content (AvgIpc) is 3.02. The zero-order valence-electron chi connectivity index (χ0n) is 16.8. The number of carbonyl (C=O) groups is 1. The zero-order valence-corrected chi connectivity index (χ0v) is 18.4. The van der Waals surface area contributed by atoms with Crippen LogP contribution in [0.15, 0.2) is 24.3 Å². The Kier molecular flexibility index (Phi) is 5.16. The molecule has 2 unspecified atom stereocenters. The number of benzene rings is 1. The molecule has 1 aromatic carbocycles. The number of halogens is 2. The molecule has 3 aromatic rings. The van der Waals surface area contributed by atoms with E-state index in [4.69, 9.17) is 16.5 Å². The van der Waals surface area contributed by atoms with Crippen molar-refractivity contribution in [1.29, 1.82) is 0 Å². The fourth-order valence-corrected chi connectivity index (χ4v) is 5.79. The normalized spacial score (nSPS) is 24.2. The van der Waals surface area contributed by atoms with Crippen LogP contribution in [0, 0.1) is 11.3 Å². The number of pyridine rings is 1. The molecule has 160 valence electrons. The predicted molar refractivity (Wildman–Crippen MR) is 124 cm³/mol. The number of hydrogen-bond acceptors (Lipinski definition) is 4. The molecule has 30 heavy (non-hydrogen) atoms. The Labute approximate surface area is 187 Å². The van der Waals surface area contributed by atoms with Gasteiger partial charge in [-0.15, -0.1) is 24.8 Å². The number of aromatic nitrogens is 2. The van der Waals surface area contributed by atoms with Gasteiger partial charge in [0, 0.05) is 13.1 Å². The second kappa shape index (κ2) is 7.29. The first-order valence-corrected chi connectivity index (χ1v) is 10.3. The smallest absolute Gasteiger partial charge is 0.252 e. The van der Waals surface area contributed by atoms with Crippen LogP contribution in [0.5, 0.6) is 0 Å². The van der Waals surface area contributed by atoms with Crippen molar-refractivity contribution in [2.75, 3.05) is 24.5 Å². The number of rotatable bonds is 3. The fraction of sp³-hybridized carbons (Fsp3) is 0.455. The van der Waals surface area contributed by atoms with Gasteiger partial charge in [0.2, 0.25) is 0 Å². The van der Waals surface area contributed by atoms with Gasteiger partial charge in [-0.3, -0.25) is 9.20 Å². The Morgan fingerprint density at radius 1 is 1.20 bits per heavy atom. The van der Waals surface area contributed by atoms with Gasteiger partial charge in [-0.2, -0.15) is 0 Å². The van der Waals surface area contributed by atoms with Gasteiger partial charge in [0.05, 0.1) is 16.6 Å². The van der Waals surface area contributed by atoms with E-state index < -0.39 is 0 Å². The molecule has 8 heteroatoms. The number of fused-ring (bicyclic) bond motifs is 5. The average molecular weight is 448 g/mol. The highest BCUT2D eigenvalue weighted by Gasteiger charge is 2.55. The number of amides is 1. The zero-order chi connectivity index (χ0) is 19.0. The quantitative estimate of drug-likeness (QED) is 0.645. The number of nitrogens with zero attached hydrogens (tertiary/aromatic N) is 3. The minimum absolute atomic E-state index is 0. The molecule has 3 aliphatic rings. The number of piperidine rings is 1. The third-order valence-electron chi connectivity index (χ3n) is 7.42. The van der Waals surface area contributed by atoms with E-state index in [9.17, 15) is 4.79 Å². The monoisotopic (exact) mass is 447 g/mol. The second-order valence-electron chi connectivity index (χ2n) is 8.80. The van der Waals surface area contributed by atoms with Crippen molar-refractivity contribution in [3.05, 3.63) is 41.0 Å². The molecule has 2 aliphatic carbocycles. The lowest BCUT2D eigenvalue weighted by Crippen LogP contribution is -2.39. The lowest BCUT2D eigenvalue weighted by molar-refractivity contribution is 0.100. The maximum Gasteiger partial charge on any atom is 0.252 e. The third-order valence-corrected chi connectivity index (χ3v) is 7.42. The standard InChI is InChI=1S/C22H25N5O.2ClH/c23-12-22-8-9-26(11-13(22)10-22)21-15-5-3-4-14(15)18(19(24)28)20-25-16-6-1-2-7-17(16)27(20)21;;/h1-2,6-7,13H,3-5,8-12,23H2,(H2,24,28);2*1H. The highest BCUT2D eigenvalue weighted by atomic mass is 35.5. The summed E-state index contributed by atoms with van der Waals surface area (Å²) < 4.78 is 2.21. The van der Waals surface area contributed by atoms with Gasteiger partial charge in [-0.05, 0) is 73.2 Å². The van der Waals surface area contributed by atoms with Crippen molar-refractivity contribution in [2.24, 2.45) is 22.8 Å². The van der Waals surface area contributed by atoms with Crippen molar-refractivity contribution < 1.29 is 4.79 Å². The Morgan fingerprint density at radius 2 is 1.97 bits per heavy atom. The van der Waals surface area contributed by atoms with Gasteiger partial charge in [0.15, 0.2) is 5.65 Å². The van der Waals surface area contributed by atoms with Crippen LogP contribution in [0.2, 0.25) is 0 Å². The minimum atomic E-state index is -0.368. The van der Waals surface area contributed by atoms with E-state index in [0.29, 0.717) is 16.9 Å². The Balaban J connectivity index is 0.00000109. The summed E-state index contributed by atoms with van der Waals surface area (Å²) in [6, 6.07) is 8.13. The molecule has 1 saturated carbocycles. The number of hydrogen-bond donors (Lipinski definition) is 2. The van der Waals surface area contributed by atoms with Crippen molar-refractivity contribution in [1.82, 2.24) is 9.38 Å². The van der Waals surface area contributed by atoms with Crippen LogP contribution in [-0.2, 0) is 12.8 Å². The summed E-state index contributed by atoms with van der Waals surface area (Å²) in [5.41, 5.74) is 18.0. The van der Waals surface area contributed by atoms with Gasteiger partial charge in [-0.1, -0.05) is 12.1 Å². The van der Waals surface area contributed by atoms with E-state index in [2.05, 4.69) is 15.4 Å². The number of carbonyl (C=O) groups excluding carboxylic acids is 1. The molecule has 6 nitrogen and oxygen atoms in total. The second-order valence-corrected chi connectivity index (χ2v) is 8.80. The molecule has 1 saturated heterocycles. The predicted octanol–water partition coefficient (Wildman–Crippen LogP) is 3.09. The molecular formula is C22H27Cl2N5O. The number of anilines is 1. The highest BCUT2D eigenvalue weighted by molar-refractivity contribution is 6.03. The van der Waals surface area contributed by atoms with Crippen LogP contribution < -0.4 is 16.4 Å². The molecular weight excluding hydrogens is 421 g/mol. The highest BCUT2D eigenvalue weighted by Crippen LogP contribution is 2.58. The lowest BCUT2D eigenvalue weighted by Gasteiger charge is -2.35. The van der Waals surface area contributed by atoms with E-state index in [1.54, 1.807) is 0 Å². The molecule has 6 rings (SSSR count). The van der Waals surface area contributed by atoms with Gasteiger partial charge in [-0.25, -0.2) is 4.98 Å². The molecule has 1 amide bonds. The van der Waals surface area contributed by atoms with Crippen LogP contribution in [0.4, 0.5) is 5.82 Å². The first-order valence-electron chi connectivity index (χ1n) is 10.3. The molecule has 2 aromatic heterocycles. The van der Waals surface area contributed by atoms with Crippen molar-refractivity contribution in [2.45, 2.75) is 32.1 Å². The molecule has 0 radical (unpaired) electrons. The first-order chi connectivity index (χ1) is 13.6. The molecule has 2 fully saturated rings. The third kappa shape index (κ3) is 2.74. The van der Waals surface area contributed by atoms with Crippen molar-refractivity contribution >= 4 is 53.2 Å². The topological polar surface area (TPSA) is 89.6 Å². The van der Waals surface area contributed by atoms with Gasteiger partial charge < -0.3 is 16.4 Å². The van der Waals surface area contributed by atoms with Gasteiger partial charge >= 0.3 is 0 Å². The molecule has 3 heterocycles. The van der Waals surface area contributed by atoms with Crippen LogP contribution in [-0.4, -0.2) is 34.9 Å². The molecule has 0 bridgehead atoms. The van der Waals surface area contributed by atoms with Crippen LogP contribution >= 0.6 is 24.8 Å².